The number of hydrogen-bond acceptors (Lipinski definition) is 5. The highest BCUT2D eigenvalue weighted by Gasteiger charge is 2.31. The second-order valence-corrected chi connectivity index (χ2v) is 7.91. The number of anilines is 3. The normalized spacial score (nSPS) is 12.6. The number of nitrogens with zero attached hydrogens (tertiary/aromatic N) is 4. The summed E-state index contributed by atoms with van der Waals surface area (Å²) in [4.78, 5) is 17.3. The van der Waals surface area contributed by atoms with Gasteiger partial charge in [-0.2, -0.15) is 18.3 Å². The average Bonchev–Trinajstić information content (AvgIpc) is 3.20. The lowest BCUT2D eigenvalue weighted by Crippen LogP contribution is -2.32. The van der Waals surface area contributed by atoms with Crippen LogP contribution in [-0.2, 0) is 6.18 Å². The topological polar surface area (TPSA) is 109 Å². The van der Waals surface area contributed by atoms with E-state index in [1.54, 1.807) is 6.07 Å². The van der Waals surface area contributed by atoms with E-state index in [1.165, 1.54) is 36.9 Å². The number of nitrogens with two attached hydrogens (primary N) is 1. The second kappa shape index (κ2) is 9.07. The molecule has 0 fully saturated rings. The summed E-state index contributed by atoms with van der Waals surface area (Å²) in [7, 11) is 1.17. The Morgan fingerprint density at radius 1 is 1.14 bits per heavy atom. The Hall–Kier alpha value is -4.26. The third-order valence-corrected chi connectivity index (χ3v) is 5.50. The summed E-state index contributed by atoms with van der Waals surface area (Å²) < 4.78 is 69.3. The molecule has 0 bridgehead atoms. The van der Waals surface area contributed by atoms with Crippen LogP contribution in [0.1, 0.15) is 24.3 Å². The predicted octanol–water partition coefficient (Wildman–Crippen LogP) is 5.00. The minimum atomic E-state index is -4.74. The summed E-state index contributed by atoms with van der Waals surface area (Å²) in [5.41, 5.74) is 5.37. The zero-order valence-electron chi connectivity index (χ0n) is 18.8. The number of amides is 2. The van der Waals surface area contributed by atoms with Crippen LogP contribution >= 0.6 is 0 Å². The maximum atomic E-state index is 15.1. The van der Waals surface area contributed by atoms with Crippen molar-refractivity contribution in [1.29, 1.82) is 0 Å². The van der Waals surface area contributed by atoms with Crippen molar-refractivity contribution in [3.05, 3.63) is 71.7 Å². The van der Waals surface area contributed by atoms with Gasteiger partial charge in [0.25, 0.3) is 0 Å². The largest absolute Gasteiger partial charge is 0.416 e. The molecule has 13 heteroatoms. The second-order valence-electron chi connectivity index (χ2n) is 7.91. The molecule has 2 aromatic heterocycles. The first-order valence-electron chi connectivity index (χ1n) is 10.4. The number of carbonyl (C=O) groups excluding carboxylic acids is 1. The fourth-order valence-corrected chi connectivity index (χ4v) is 3.66. The van der Waals surface area contributed by atoms with Crippen LogP contribution in [0, 0.1) is 11.6 Å². The fourth-order valence-electron chi connectivity index (χ4n) is 3.66. The highest BCUT2D eigenvalue weighted by Crippen LogP contribution is 2.35. The Morgan fingerprint density at radius 2 is 1.86 bits per heavy atom. The molecule has 0 radical (unpaired) electrons. The van der Waals surface area contributed by atoms with E-state index >= 15 is 4.39 Å². The van der Waals surface area contributed by atoms with Gasteiger partial charge in [-0.1, -0.05) is 6.07 Å². The molecule has 2 amide bonds. The SMILES string of the molecule is CC(O)c1cc(-c2ccc(N(C)C(=O)Nc3cc(C(F)(F)F)ccc3F)c(F)c2)c2c(N)ncnn12. The lowest BCUT2D eigenvalue weighted by Gasteiger charge is -2.20. The molecule has 8 nitrogen and oxygen atoms in total. The number of aromatic nitrogens is 3. The fraction of sp³-hybridized carbons (Fsp3) is 0.174. The van der Waals surface area contributed by atoms with E-state index in [4.69, 9.17) is 5.73 Å². The third-order valence-electron chi connectivity index (χ3n) is 5.50. The van der Waals surface area contributed by atoms with Crippen LogP contribution in [-0.4, -0.2) is 32.8 Å². The van der Waals surface area contributed by atoms with E-state index in [9.17, 15) is 27.5 Å². The molecule has 1 unspecified atom stereocenters. The van der Waals surface area contributed by atoms with E-state index in [-0.39, 0.29) is 11.5 Å². The van der Waals surface area contributed by atoms with Crippen LogP contribution in [0.5, 0.6) is 0 Å². The highest BCUT2D eigenvalue weighted by atomic mass is 19.4. The first-order valence-corrected chi connectivity index (χ1v) is 10.4. The molecular formula is C23H19F5N6O2. The minimum Gasteiger partial charge on any atom is -0.387 e. The van der Waals surface area contributed by atoms with Crippen molar-refractivity contribution < 1.29 is 31.9 Å². The van der Waals surface area contributed by atoms with Gasteiger partial charge in [0.2, 0.25) is 0 Å². The molecule has 0 spiro atoms. The number of aliphatic hydroxyl groups excluding tert-OH is 1. The van der Waals surface area contributed by atoms with Crippen LogP contribution < -0.4 is 16.0 Å². The minimum absolute atomic E-state index is 0.0935. The van der Waals surface area contributed by atoms with Crippen molar-refractivity contribution in [3.8, 4) is 11.1 Å². The Kier molecular flexibility index (Phi) is 6.26. The Balaban J connectivity index is 1.65. The summed E-state index contributed by atoms with van der Waals surface area (Å²) in [6, 6.07) is 5.92. The number of fused-ring (bicyclic) bond motifs is 1. The number of aliphatic hydroxyl groups is 1. The zero-order valence-corrected chi connectivity index (χ0v) is 18.8. The molecule has 2 aromatic carbocycles. The number of halogens is 5. The number of urea groups is 1. The monoisotopic (exact) mass is 506 g/mol. The molecule has 4 aromatic rings. The summed E-state index contributed by atoms with van der Waals surface area (Å²) in [5.74, 6) is -1.85. The van der Waals surface area contributed by atoms with Crippen molar-refractivity contribution in [1.82, 2.24) is 14.6 Å². The van der Waals surface area contributed by atoms with Gasteiger partial charge in [0.15, 0.2) is 5.82 Å². The standard InChI is InChI=1S/C23H19F5N6O2/c1-11(35)19-9-14(20-21(29)30-10-31-34(19)20)12-3-6-18(16(25)7-12)33(2)22(36)32-17-8-13(23(26,27)28)4-5-15(17)24/h3-11,35H,1-2H3,(H,32,36)(H2,29,30,31). The van der Waals surface area contributed by atoms with E-state index < -0.39 is 41.2 Å². The molecule has 36 heavy (non-hydrogen) atoms. The van der Waals surface area contributed by atoms with Crippen molar-refractivity contribution in [3.63, 3.8) is 0 Å². The highest BCUT2D eigenvalue weighted by molar-refractivity contribution is 6.02. The van der Waals surface area contributed by atoms with Crippen LogP contribution in [0.4, 0.5) is 43.9 Å². The van der Waals surface area contributed by atoms with Crippen LogP contribution in [0.15, 0.2) is 48.8 Å². The lowest BCUT2D eigenvalue weighted by molar-refractivity contribution is -0.137. The van der Waals surface area contributed by atoms with Gasteiger partial charge in [0.1, 0.15) is 23.5 Å². The summed E-state index contributed by atoms with van der Waals surface area (Å²) >= 11 is 0. The molecule has 0 aliphatic carbocycles. The number of nitrogen functional groups attached to an aromatic ring is 1. The number of hydrogen-bond donors (Lipinski definition) is 3. The number of alkyl halides is 3. The lowest BCUT2D eigenvalue weighted by atomic mass is 10.1. The maximum Gasteiger partial charge on any atom is 0.416 e. The molecule has 4 N–H and O–H groups in total. The summed E-state index contributed by atoms with van der Waals surface area (Å²) in [6.45, 7) is 1.52. The smallest absolute Gasteiger partial charge is 0.387 e. The number of carbonyl (C=O) groups is 1. The Bertz CT molecular complexity index is 1470. The van der Waals surface area contributed by atoms with Crippen molar-refractivity contribution in [2.24, 2.45) is 0 Å². The molecule has 0 aliphatic rings. The average molecular weight is 506 g/mol. The van der Waals surface area contributed by atoms with E-state index in [0.717, 1.165) is 11.0 Å². The van der Waals surface area contributed by atoms with Gasteiger partial charge in [0, 0.05) is 12.6 Å². The molecule has 0 saturated carbocycles. The van der Waals surface area contributed by atoms with Gasteiger partial charge in [-0.25, -0.2) is 23.1 Å². The molecule has 1 atom stereocenters. The molecule has 0 saturated heterocycles. The van der Waals surface area contributed by atoms with Gasteiger partial charge in [0.05, 0.1) is 28.7 Å². The van der Waals surface area contributed by atoms with Crippen molar-refractivity contribution in [2.45, 2.75) is 19.2 Å². The molecule has 2 heterocycles. The maximum absolute atomic E-state index is 15.1. The van der Waals surface area contributed by atoms with Crippen LogP contribution in [0.3, 0.4) is 0 Å². The zero-order chi connectivity index (χ0) is 26.4. The van der Waals surface area contributed by atoms with Gasteiger partial charge in [-0.05, 0) is 48.9 Å². The number of rotatable bonds is 4. The quantitative estimate of drug-likeness (QED) is 0.338. The van der Waals surface area contributed by atoms with E-state index in [1.807, 2.05) is 5.32 Å². The molecule has 4 rings (SSSR count). The summed E-state index contributed by atoms with van der Waals surface area (Å²) in [5, 5.41) is 16.2. The van der Waals surface area contributed by atoms with Gasteiger partial charge < -0.3 is 16.2 Å². The van der Waals surface area contributed by atoms with Gasteiger partial charge >= 0.3 is 12.2 Å². The first kappa shape index (κ1) is 24.9. The van der Waals surface area contributed by atoms with Crippen LogP contribution in [0.2, 0.25) is 0 Å². The Morgan fingerprint density at radius 3 is 2.50 bits per heavy atom. The molecule has 0 aliphatic heterocycles. The van der Waals surface area contributed by atoms with Gasteiger partial charge in [-0.15, -0.1) is 0 Å². The molecular weight excluding hydrogens is 487 g/mol. The summed E-state index contributed by atoms with van der Waals surface area (Å²) in [6.07, 6.45) is -4.45. The van der Waals surface area contributed by atoms with Crippen molar-refractivity contribution >= 4 is 28.7 Å². The Labute approximate surface area is 200 Å². The van der Waals surface area contributed by atoms with Crippen LogP contribution in [0.25, 0.3) is 16.6 Å². The molecule has 188 valence electrons. The van der Waals surface area contributed by atoms with Crippen molar-refractivity contribution in [2.75, 3.05) is 23.0 Å². The van der Waals surface area contributed by atoms with E-state index in [0.29, 0.717) is 40.5 Å². The first-order chi connectivity index (χ1) is 16.9. The number of nitrogens with one attached hydrogen (secondary N) is 1. The number of benzene rings is 2. The predicted molar refractivity (Wildman–Crippen MR) is 122 cm³/mol. The third kappa shape index (κ3) is 4.52. The van der Waals surface area contributed by atoms with Gasteiger partial charge in [-0.3, -0.25) is 4.90 Å². The van der Waals surface area contributed by atoms with E-state index in [2.05, 4.69) is 10.1 Å².